The third kappa shape index (κ3) is 4.51. The Morgan fingerprint density at radius 1 is 0.812 bits per heavy atom. The maximum Gasteiger partial charge on any atom is 0.342 e. The standard InChI is InChI=1S/C23H27NO8/c1-27-17-7-6-16(21(30-4)22(17)31-5)23(26)32-13-20(25)24-9-8-14-10-18(28-2)19(29-3)11-15(14)12-24/h6-7,10-11H,8-9,12-13H2,1-5H3. The van der Waals surface area contributed by atoms with Crippen LogP contribution in [-0.4, -0.2) is 65.5 Å². The topological polar surface area (TPSA) is 92.8 Å². The number of hydrogen-bond acceptors (Lipinski definition) is 8. The van der Waals surface area contributed by atoms with Gasteiger partial charge in [-0.05, 0) is 41.8 Å². The zero-order valence-electron chi connectivity index (χ0n) is 18.9. The van der Waals surface area contributed by atoms with Gasteiger partial charge in [-0.2, -0.15) is 0 Å². The van der Waals surface area contributed by atoms with Crippen molar-refractivity contribution in [2.24, 2.45) is 0 Å². The van der Waals surface area contributed by atoms with Crippen molar-refractivity contribution in [3.8, 4) is 28.7 Å². The minimum atomic E-state index is -0.694. The minimum Gasteiger partial charge on any atom is -0.493 e. The van der Waals surface area contributed by atoms with Crippen LogP contribution in [0.1, 0.15) is 21.5 Å². The van der Waals surface area contributed by atoms with Gasteiger partial charge in [0.2, 0.25) is 5.75 Å². The number of carbonyl (C=O) groups is 2. The molecule has 0 aliphatic carbocycles. The summed E-state index contributed by atoms with van der Waals surface area (Å²) in [6.45, 7) is 0.517. The molecule has 0 radical (unpaired) electrons. The quantitative estimate of drug-likeness (QED) is 0.572. The third-order valence-corrected chi connectivity index (χ3v) is 5.32. The Hall–Kier alpha value is -3.62. The molecule has 0 saturated carbocycles. The number of esters is 1. The monoisotopic (exact) mass is 445 g/mol. The van der Waals surface area contributed by atoms with Crippen molar-refractivity contribution in [3.63, 3.8) is 0 Å². The van der Waals surface area contributed by atoms with Crippen molar-refractivity contribution in [3.05, 3.63) is 41.0 Å². The molecule has 2 aromatic rings. The van der Waals surface area contributed by atoms with Crippen molar-refractivity contribution >= 4 is 11.9 Å². The van der Waals surface area contributed by atoms with Gasteiger partial charge in [0.25, 0.3) is 5.91 Å². The Kier molecular flexibility index (Phi) is 7.29. The van der Waals surface area contributed by atoms with Gasteiger partial charge in [-0.1, -0.05) is 0 Å². The molecule has 0 spiro atoms. The number of methoxy groups -OCH3 is 5. The minimum absolute atomic E-state index is 0.138. The predicted octanol–water partition coefficient (Wildman–Crippen LogP) is 2.47. The van der Waals surface area contributed by atoms with E-state index in [1.807, 2.05) is 12.1 Å². The van der Waals surface area contributed by atoms with Gasteiger partial charge in [0.15, 0.2) is 29.6 Å². The van der Waals surface area contributed by atoms with E-state index in [1.165, 1.54) is 27.4 Å². The maximum absolute atomic E-state index is 12.7. The SMILES string of the molecule is COc1cc2c(cc1OC)CN(C(=O)COC(=O)c1ccc(OC)c(OC)c1OC)CC2. The molecule has 0 unspecified atom stereocenters. The van der Waals surface area contributed by atoms with Crippen LogP contribution in [0.2, 0.25) is 0 Å². The van der Waals surface area contributed by atoms with E-state index in [2.05, 4.69) is 0 Å². The molecule has 0 aromatic heterocycles. The molecular weight excluding hydrogens is 418 g/mol. The highest BCUT2D eigenvalue weighted by atomic mass is 16.5. The van der Waals surface area contributed by atoms with E-state index < -0.39 is 5.97 Å². The fourth-order valence-electron chi connectivity index (χ4n) is 3.65. The number of carbonyl (C=O) groups excluding carboxylic acids is 2. The smallest absolute Gasteiger partial charge is 0.342 e. The summed E-state index contributed by atoms with van der Waals surface area (Å²) in [5, 5.41) is 0. The van der Waals surface area contributed by atoms with Crippen LogP contribution in [0.15, 0.2) is 24.3 Å². The molecule has 172 valence electrons. The molecule has 0 atom stereocenters. The van der Waals surface area contributed by atoms with E-state index in [9.17, 15) is 9.59 Å². The van der Waals surface area contributed by atoms with Gasteiger partial charge < -0.3 is 33.3 Å². The Morgan fingerprint density at radius 2 is 1.44 bits per heavy atom. The van der Waals surface area contributed by atoms with E-state index in [-0.39, 0.29) is 29.6 Å². The van der Waals surface area contributed by atoms with Gasteiger partial charge in [0, 0.05) is 13.1 Å². The van der Waals surface area contributed by atoms with Crippen LogP contribution < -0.4 is 23.7 Å². The van der Waals surface area contributed by atoms with Crippen molar-refractivity contribution in [2.45, 2.75) is 13.0 Å². The molecule has 1 heterocycles. The first-order valence-corrected chi connectivity index (χ1v) is 9.95. The molecule has 32 heavy (non-hydrogen) atoms. The highest BCUT2D eigenvalue weighted by Gasteiger charge is 2.26. The van der Waals surface area contributed by atoms with Gasteiger partial charge in [0.1, 0.15) is 5.56 Å². The average Bonchev–Trinajstić information content (AvgIpc) is 2.84. The number of benzene rings is 2. The zero-order chi connectivity index (χ0) is 23.3. The van der Waals surface area contributed by atoms with Crippen molar-refractivity contribution < 1.29 is 38.0 Å². The van der Waals surface area contributed by atoms with Gasteiger partial charge in [-0.3, -0.25) is 4.79 Å². The van der Waals surface area contributed by atoms with E-state index >= 15 is 0 Å². The second-order valence-electron chi connectivity index (χ2n) is 7.00. The molecule has 1 aliphatic heterocycles. The maximum atomic E-state index is 12.7. The lowest BCUT2D eigenvalue weighted by Gasteiger charge is -2.29. The highest BCUT2D eigenvalue weighted by molar-refractivity contribution is 5.95. The molecule has 0 N–H and O–H groups in total. The lowest BCUT2D eigenvalue weighted by atomic mass is 9.99. The number of fused-ring (bicyclic) bond motifs is 1. The van der Waals surface area contributed by atoms with Crippen LogP contribution in [0.3, 0.4) is 0 Å². The zero-order valence-corrected chi connectivity index (χ0v) is 18.9. The van der Waals surface area contributed by atoms with Gasteiger partial charge in [-0.25, -0.2) is 4.79 Å². The van der Waals surface area contributed by atoms with Crippen LogP contribution in [0, 0.1) is 0 Å². The Bertz CT molecular complexity index is 1000. The second-order valence-corrected chi connectivity index (χ2v) is 7.00. The molecule has 3 rings (SSSR count). The van der Waals surface area contributed by atoms with Gasteiger partial charge in [0.05, 0.1) is 35.5 Å². The summed E-state index contributed by atoms with van der Waals surface area (Å²) >= 11 is 0. The summed E-state index contributed by atoms with van der Waals surface area (Å²) in [5.74, 6) is 1.13. The lowest BCUT2D eigenvalue weighted by molar-refractivity contribution is -0.135. The molecule has 0 bridgehead atoms. The highest BCUT2D eigenvalue weighted by Crippen LogP contribution is 2.40. The Morgan fingerprint density at radius 3 is 2.03 bits per heavy atom. The van der Waals surface area contributed by atoms with Gasteiger partial charge >= 0.3 is 5.97 Å². The summed E-state index contributed by atoms with van der Waals surface area (Å²) in [5.41, 5.74) is 2.20. The summed E-state index contributed by atoms with van der Waals surface area (Å²) in [4.78, 5) is 27.0. The van der Waals surface area contributed by atoms with Crippen molar-refractivity contribution in [1.82, 2.24) is 4.90 Å². The van der Waals surface area contributed by atoms with E-state index in [1.54, 1.807) is 25.2 Å². The fraction of sp³-hybridized carbons (Fsp3) is 0.391. The predicted molar refractivity (Wildman–Crippen MR) is 115 cm³/mol. The largest absolute Gasteiger partial charge is 0.493 e. The number of hydrogen-bond donors (Lipinski definition) is 0. The summed E-state index contributed by atoms with van der Waals surface area (Å²) in [6, 6.07) is 6.88. The first-order chi connectivity index (χ1) is 15.5. The Labute approximate surface area is 186 Å². The number of ether oxygens (including phenoxy) is 6. The van der Waals surface area contributed by atoms with Crippen LogP contribution in [0.25, 0.3) is 0 Å². The Balaban J connectivity index is 1.69. The van der Waals surface area contributed by atoms with Crippen LogP contribution in [-0.2, 0) is 22.5 Å². The second kappa shape index (κ2) is 10.1. The molecule has 1 amide bonds. The number of rotatable bonds is 8. The van der Waals surface area contributed by atoms with Crippen LogP contribution in [0.4, 0.5) is 0 Å². The molecule has 2 aromatic carbocycles. The molecule has 0 fully saturated rings. The van der Waals surface area contributed by atoms with Crippen LogP contribution in [0.5, 0.6) is 28.7 Å². The van der Waals surface area contributed by atoms with Gasteiger partial charge in [-0.15, -0.1) is 0 Å². The van der Waals surface area contributed by atoms with E-state index in [0.29, 0.717) is 36.8 Å². The summed E-state index contributed by atoms with van der Waals surface area (Å²) in [7, 11) is 7.49. The fourth-order valence-corrected chi connectivity index (χ4v) is 3.65. The summed E-state index contributed by atoms with van der Waals surface area (Å²) in [6.07, 6.45) is 0.666. The first kappa shape index (κ1) is 23.1. The number of nitrogens with zero attached hydrogens (tertiary/aromatic N) is 1. The van der Waals surface area contributed by atoms with E-state index in [4.69, 9.17) is 28.4 Å². The number of amides is 1. The molecule has 0 saturated heterocycles. The van der Waals surface area contributed by atoms with Crippen LogP contribution >= 0.6 is 0 Å². The average molecular weight is 445 g/mol. The molecular formula is C23H27NO8. The van der Waals surface area contributed by atoms with Crippen molar-refractivity contribution in [2.75, 3.05) is 48.7 Å². The van der Waals surface area contributed by atoms with Crippen molar-refractivity contribution in [1.29, 1.82) is 0 Å². The third-order valence-electron chi connectivity index (χ3n) is 5.32. The lowest BCUT2D eigenvalue weighted by Crippen LogP contribution is -2.38. The summed E-state index contributed by atoms with van der Waals surface area (Å²) < 4.78 is 31.8. The normalized spacial score (nSPS) is 12.5. The first-order valence-electron chi connectivity index (χ1n) is 9.95. The van der Waals surface area contributed by atoms with E-state index in [0.717, 1.165) is 11.1 Å². The molecule has 9 nitrogen and oxygen atoms in total. The molecule has 9 heteroatoms. The molecule has 1 aliphatic rings.